The lowest BCUT2D eigenvalue weighted by Gasteiger charge is -2.10. The van der Waals surface area contributed by atoms with E-state index in [0.29, 0.717) is 5.65 Å². The van der Waals surface area contributed by atoms with Crippen LogP contribution >= 0.6 is 11.6 Å². The van der Waals surface area contributed by atoms with Crippen molar-refractivity contribution in [2.45, 2.75) is 0 Å². The van der Waals surface area contributed by atoms with Gasteiger partial charge in [-0.15, -0.1) is 0 Å². The summed E-state index contributed by atoms with van der Waals surface area (Å²) >= 11 is 6.33. The zero-order valence-electron chi connectivity index (χ0n) is 15.9. The molecule has 0 unspecified atom stereocenters. The fourth-order valence-corrected chi connectivity index (χ4v) is 3.92. The molecule has 0 saturated heterocycles. The molecular formula is C21H14ClF2N3O3S. The molecule has 31 heavy (non-hydrogen) atoms. The number of halogens is 3. The predicted molar refractivity (Wildman–Crippen MR) is 114 cm³/mol. The molecule has 1 N–H and O–H groups in total. The monoisotopic (exact) mass is 461 g/mol. The maximum absolute atomic E-state index is 14.7. The number of carbonyl (C=O) groups is 1. The zero-order chi connectivity index (χ0) is 22.3. The Kier molecular flexibility index (Phi) is 5.24. The number of hydrogen-bond acceptors (Lipinski definition) is 4. The lowest BCUT2D eigenvalue weighted by atomic mass is 10.1. The van der Waals surface area contributed by atoms with E-state index in [4.69, 9.17) is 11.6 Å². The Labute approximate surface area is 181 Å². The van der Waals surface area contributed by atoms with Gasteiger partial charge in [0, 0.05) is 29.4 Å². The van der Waals surface area contributed by atoms with Gasteiger partial charge < -0.3 is 0 Å². The number of aromatic nitrogens is 2. The Morgan fingerprint density at radius 2 is 1.84 bits per heavy atom. The number of rotatable bonds is 4. The molecule has 1 amide bonds. The summed E-state index contributed by atoms with van der Waals surface area (Å²) in [6.07, 6.45) is 4.03. The second-order valence-corrected chi connectivity index (χ2v) is 8.94. The maximum Gasteiger partial charge on any atom is 0.267 e. The van der Waals surface area contributed by atoms with Crippen molar-refractivity contribution in [1.82, 2.24) is 14.3 Å². The molecular weight excluding hydrogens is 448 g/mol. The number of nitrogens with one attached hydrogen (secondary N) is 1. The molecule has 0 aliphatic heterocycles. The van der Waals surface area contributed by atoms with Crippen LogP contribution in [0.25, 0.3) is 27.8 Å². The molecule has 158 valence electrons. The van der Waals surface area contributed by atoms with Crippen LogP contribution in [0.5, 0.6) is 0 Å². The Balaban J connectivity index is 1.87. The van der Waals surface area contributed by atoms with Gasteiger partial charge in [-0.3, -0.25) is 9.36 Å². The molecule has 10 heteroatoms. The Morgan fingerprint density at radius 3 is 2.52 bits per heavy atom. The summed E-state index contributed by atoms with van der Waals surface area (Å²) in [5.74, 6) is -2.46. The largest absolute Gasteiger partial charge is 0.299 e. The first-order valence-corrected chi connectivity index (χ1v) is 11.1. The average molecular weight is 462 g/mol. The van der Waals surface area contributed by atoms with E-state index in [2.05, 4.69) is 4.98 Å². The van der Waals surface area contributed by atoms with Gasteiger partial charge in [0.15, 0.2) is 0 Å². The molecule has 0 atom stereocenters. The van der Waals surface area contributed by atoms with Gasteiger partial charge in [-0.05, 0) is 35.9 Å². The van der Waals surface area contributed by atoms with E-state index in [1.165, 1.54) is 12.1 Å². The first-order valence-electron chi connectivity index (χ1n) is 8.87. The minimum atomic E-state index is -3.87. The van der Waals surface area contributed by atoms with Gasteiger partial charge in [0.25, 0.3) is 5.91 Å². The first-order chi connectivity index (χ1) is 14.6. The molecule has 0 radical (unpaired) electrons. The number of fused-ring (bicyclic) bond motifs is 1. The number of sulfonamides is 1. The smallest absolute Gasteiger partial charge is 0.267 e. The van der Waals surface area contributed by atoms with E-state index in [0.717, 1.165) is 34.9 Å². The predicted octanol–water partition coefficient (Wildman–Crippen LogP) is 4.31. The van der Waals surface area contributed by atoms with Gasteiger partial charge in [0.1, 0.15) is 17.3 Å². The molecule has 2 aromatic carbocycles. The van der Waals surface area contributed by atoms with Crippen LogP contribution in [-0.2, 0) is 10.0 Å². The number of nitrogens with zero attached hydrogens (tertiary/aromatic N) is 2. The second-order valence-electron chi connectivity index (χ2n) is 6.78. The van der Waals surface area contributed by atoms with Crippen LogP contribution in [-0.4, -0.2) is 30.1 Å². The second kappa shape index (κ2) is 7.75. The summed E-state index contributed by atoms with van der Waals surface area (Å²) in [6, 6.07) is 11.5. The normalized spacial score (nSPS) is 11.6. The highest BCUT2D eigenvalue weighted by Crippen LogP contribution is 2.34. The standard InChI is InChI=1S/C21H14ClF2N3O3S/c1-31(29,30)26-21(28)15-9-17(22)19(10-18(15)24)27-11-16(12-4-6-13(23)7-5-12)14-3-2-8-25-20(14)27/h2-11H,1H3,(H,26,28). The fourth-order valence-electron chi connectivity index (χ4n) is 3.22. The molecule has 0 saturated carbocycles. The summed E-state index contributed by atoms with van der Waals surface area (Å²) in [5.41, 5.74) is 1.60. The van der Waals surface area contributed by atoms with E-state index < -0.39 is 27.3 Å². The van der Waals surface area contributed by atoms with Crippen LogP contribution in [0.4, 0.5) is 8.78 Å². The van der Waals surface area contributed by atoms with Crippen molar-refractivity contribution < 1.29 is 22.0 Å². The molecule has 6 nitrogen and oxygen atoms in total. The number of amides is 1. The molecule has 0 aliphatic carbocycles. The van der Waals surface area contributed by atoms with Crippen LogP contribution in [0.1, 0.15) is 10.4 Å². The lowest BCUT2D eigenvalue weighted by molar-refractivity contribution is 0.0978. The highest BCUT2D eigenvalue weighted by molar-refractivity contribution is 7.89. The summed E-state index contributed by atoms with van der Waals surface area (Å²) < 4.78 is 53.9. The molecule has 0 fully saturated rings. The van der Waals surface area contributed by atoms with Crippen molar-refractivity contribution in [3.05, 3.63) is 83.1 Å². The van der Waals surface area contributed by atoms with E-state index >= 15 is 0 Å². The quantitative estimate of drug-likeness (QED) is 0.491. The molecule has 2 aromatic heterocycles. The van der Waals surface area contributed by atoms with Crippen LogP contribution in [0, 0.1) is 11.6 Å². The van der Waals surface area contributed by atoms with Crippen molar-refractivity contribution in [3.63, 3.8) is 0 Å². The van der Waals surface area contributed by atoms with E-state index in [1.54, 1.807) is 39.9 Å². The van der Waals surface area contributed by atoms with Crippen LogP contribution < -0.4 is 4.72 Å². The van der Waals surface area contributed by atoms with Gasteiger partial charge in [-0.1, -0.05) is 23.7 Å². The highest BCUT2D eigenvalue weighted by atomic mass is 35.5. The summed E-state index contributed by atoms with van der Waals surface area (Å²) in [7, 11) is -3.87. The van der Waals surface area contributed by atoms with Crippen LogP contribution in [0.15, 0.2) is 60.9 Å². The Morgan fingerprint density at radius 1 is 1.13 bits per heavy atom. The zero-order valence-corrected chi connectivity index (χ0v) is 17.5. The number of pyridine rings is 1. The Bertz CT molecular complexity index is 1430. The topological polar surface area (TPSA) is 81.1 Å². The van der Waals surface area contributed by atoms with Gasteiger partial charge in [-0.25, -0.2) is 26.9 Å². The molecule has 0 bridgehead atoms. The minimum absolute atomic E-state index is 0.00765. The van der Waals surface area contributed by atoms with Crippen LogP contribution in [0.2, 0.25) is 5.02 Å². The SMILES string of the molecule is CS(=O)(=O)NC(=O)c1cc(Cl)c(-n2cc(-c3ccc(F)cc3)c3cccnc32)cc1F. The van der Waals surface area contributed by atoms with Crippen molar-refractivity contribution >= 4 is 38.6 Å². The molecule has 4 aromatic rings. The molecule has 0 spiro atoms. The summed E-state index contributed by atoms with van der Waals surface area (Å²) in [4.78, 5) is 16.4. The summed E-state index contributed by atoms with van der Waals surface area (Å²) in [5, 5.41) is 0.734. The van der Waals surface area contributed by atoms with Gasteiger partial charge in [-0.2, -0.15) is 0 Å². The van der Waals surface area contributed by atoms with Gasteiger partial charge in [0.05, 0.1) is 22.5 Å². The first kappa shape index (κ1) is 21.0. The third-order valence-electron chi connectivity index (χ3n) is 4.54. The van der Waals surface area contributed by atoms with Gasteiger partial charge in [0.2, 0.25) is 10.0 Å². The van der Waals surface area contributed by atoms with Crippen molar-refractivity contribution in [2.24, 2.45) is 0 Å². The van der Waals surface area contributed by atoms with Gasteiger partial charge >= 0.3 is 0 Å². The third kappa shape index (κ3) is 4.14. The third-order valence-corrected chi connectivity index (χ3v) is 5.40. The van der Waals surface area contributed by atoms with E-state index in [-0.39, 0.29) is 16.5 Å². The highest BCUT2D eigenvalue weighted by Gasteiger charge is 2.21. The molecule has 0 aliphatic rings. The Hall–Kier alpha value is -3.30. The summed E-state index contributed by atoms with van der Waals surface area (Å²) in [6.45, 7) is 0. The molecule has 4 rings (SSSR count). The van der Waals surface area contributed by atoms with Crippen LogP contribution in [0.3, 0.4) is 0 Å². The number of carbonyl (C=O) groups excluding carboxylic acids is 1. The molecule has 2 heterocycles. The number of benzene rings is 2. The van der Waals surface area contributed by atoms with E-state index in [9.17, 15) is 22.0 Å². The van der Waals surface area contributed by atoms with Crippen molar-refractivity contribution in [2.75, 3.05) is 6.26 Å². The number of hydrogen-bond donors (Lipinski definition) is 1. The maximum atomic E-state index is 14.7. The fraction of sp³-hybridized carbons (Fsp3) is 0.0476. The van der Waals surface area contributed by atoms with E-state index in [1.807, 2.05) is 6.07 Å². The van der Waals surface area contributed by atoms with Crippen molar-refractivity contribution in [1.29, 1.82) is 0 Å². The van der Waals surface area contributed by atoms with Crippen molar-refractivity contribution in [3.8, 4) is 16.8 Å². The lowest BCUT2D eigenvalue weighted by Crippen LogP contribution is -2.30. The average Bonchev–Trinajstić information content (AvgIpc) is 3.08. The minimum Gasteiger partial charge on any atom is -0.299 e.